The maximum Gasteiger partial charge on any atom is 0.333 e. The number of imidazole rings is 1. The first-order valence-corrected chi connectivity index (χ1v) is 11.9. The van der Waals surface area contributed by atoms with E-state index in [-0.39, 0.29) is 5.69 Å². The van der Waals surface area contributed by atoms with Crippen LogP contribution in [0.5, 0.6) is 0 Å². The van der Waals surface area contributed by atoms with Crippen LogP contribution in [0.3, 0.4) is 0 Å². The van der Waals surface area contributed by atoms with Crippen LogP contribution in [-0.2, 0) is 13.0 Å². The number of unbranched alkanes of at least 4 members (excludes halogenated alkanes) is 1. The van der Waals surface area contributed by atoms with E-state index in [2.05, 4.69) is 27.5 Å². The van der Waals surface area contributed by atoms with Crippen molar-refractivity contribution >= 4 is 11.6 Å². The zero-order valence-electron chi connectivity index (χ0n) is 19.2. The van der Waals surface area contributed by atoms with Crippen LogP contribution in [0.2, 0.25) is 5.02 Å². The van der Waals surface area contributed by atoms with Crippen molar-refractivity contribution < 1.29 is 0 Å². The standard InChI is InChI=1S/C26H24ClN7O/c1-2-3-8-19-17-34(24-12-7-6-11-22(24)27)26(35)33(19)16-18-13-14-23(28-15-18)20-9-4-5-10-21(20)25-29-31-32-30-25/h4-7,9-15,17H,2-3,8,16H2,1H3,(H,29,30,31,32). The molecule has 0 spiro atoms. The summed E-state index contributed by atoms with van der Waals surface area (Å²) < 4.78 is 3.45. The molecule has 5 aromatic rings. The van der Waals surface area contributed by atoms with Gasteiger partial charge in [0.2, 0.25) is 0 Å². The highest BCUT2D eigenvalue weighted by Crippen LogP contribution is 2.28. The summed E-state index contributed by atoms with van der Waals surface area (Å²) in [6.07, 6.45) is 6.57. The molecule has 3 aromatic heterocycles. The number of para-hydroxylation sites is 1. The summed E-state index contributed by atoms with van der Waals surface area (Å²) in [4.78, 5) is 18.1. The molecular formula is C26H24ClN7O. The molecule has 0 bridgehead atoms. The van der Waals surface area contributed by atoms with E-state index in [1.54, 1.807) is 10.6 Å². The van der Waals surface area contributed by atoms with Gasteiger partial charge < -0.3 is 0 Å². The second kappa shape index (κ2) is 10.1. The Morgan fingerprint density at radius 2 is 1.80 bits per heavy atom. The molecule has 0 aliphatic rings. The Morgan fingerprint density at radius 3 is 2.51 bits per heavy atom. The minimum Gasteiger partial charge on any atom is -0.292 e. The number of hydrogen-bond donors (Lipinski definition) is 1. The van der Waals surface area contributed by atoms with Crippen LogP contribution in [0, 0.1) is 0 Å². The minimum atomic E-state index is -0.114. The number of rotatable bonds is 8. The van der Waals surface area contributed by atoms with Crippen LogP contribution in [0.4, 0.5) is 0 Å². The van der Waals surface area contributed by atoms with Crippen molar-refractivity contribution in [2.24, 2.45) is 0 Å². The van der Waals surface area contributed by atoms with Crippen LogP contribution in [0.25, 0.3) is 28.3 Å². The number of halogens is 1. The fourth-order valence-electron chi connectivity index (χ4n) is 4.12. The van der Waals surface area contributed by atoms with E-state index in [1.165, 1.54) is 0 Å². The molecular weight excluding hydrogens is 462 g/mol. The van der Waals surface area contributed by atoms with Crippen LogP contribution in [0.1, 0.15) is 31.0 Å². The van der Waals surface area contributed by atoms with Crippen molar-refractivity contribution in [3.8, 4) is 28.3 Å². The molecule has 2 aromatic carbocycles. The summed E-state index contributed by atoms with van der Waals surface area (Å²) in [5.41, 5.74) is 5.07. The number of nitrogens with one attached hydrogen (secondary N) is 1. The first-order chi connectivity index (χ1) is 17.2. The maximum atomic E-state index is 13.4. The highest BCUT2D eigenvalue weighted by Gasteiger charge is 2.15. The number of H-pyrrole nitrogens is 1. The number of benzene rings is 2. The SMILES string of the molecule is CCCCc1cn(-c2ccccc2Cl)c(=O)n1Cc1ccc(-c2ccccc2-c2nnn[nH]2)nc1. The molecule has 0 aliphatic carbocycles. The van der Waals surface area contributed by atoms with E-state index in [0.29, 0.717) is 23.1 Å². The Balaban J connectivity index is 1.47. The monoisotopic (exact) mass is 485 g/mol. The molecule has 0 amide bonds. The third-order valence-corrected chi connectivity index (χ3v) is 6.25. The number of aromatic amines is 1. The lowest BCUT2D eigenvalue weighted by Crippen LogP contribution is -2.25. The molecule has 0 unspecified atom stereocenters. The molecule has 0 aliphatic heterocycles. The molecule has 9 heteroatoms. The van der Waals surface area contributed by atoms with E-state index in [1.807, 2.05) is 71.6 Å². The van der Waals surface area contributed by atoms with Crippen LogP contribution in [0.15, 0.2) is 77.9 Å². The molecule has 0 radical (unpaired) electrons. The summed E-state index contributed by atoms with van der Waals surface area (Å²) in [5.74, 6) is 0.583. The smallest absolute Gasteiger partial charge is 0.292 e. The highest BCUT2D eigenvalue weighted by molar-refractivity contribution is 6.32. The third-order valence-electron chi connectivity index (χ3n) is 5.93. The largest absolute Gasteiger partial charge is 0.333 e. The van der Waals surface area contributed by atoms with E-state index < -0.39 is 0 Å². The molecule has 0 atom stereocenters. The fraction of sp³-hybridized carbons (Fsp3) is 0.192. The molecule has 1 N–H and O–H groups in total. The Labute approximate surface area is 207 Å². The molecule has 5 rings (SSSR count). The van der Waals surface area contributed by atoms with Gasteiger partial charge in [0.1, 0.15) is 0 Å². The minimum absolute atomic E-state index is 0.114. The number of tetrazole rings is 1. The first kappa shape index (κ1) is 22.7. The molecule has 0 saturated carbocycles. The Bertz CT molecular complexity index is 1490. The number of aryl methyl sites for hydroxylation is 1. The summed E-state index contributed by atoms with van der Waals surface area (Å²) in [6.45, 7) is 2.57. The van der Waals surface area contributed by atoms with Gasteiger partial charge in [0, 0.05) is 29.2 Å². The van der Waals surface area contributed by atoms with Crippen molar-refractivity contribution in [3.05, 3.63) is 99.8 Å². The van der Waals surface area contributed by atoms with Crippen molar-refractivity contribution in [2.75, 3.05) is 0 Å². The van der Waals surface area contributed by atoms with Gasteiger partial charge in [-0.05, 0) is 47.0 Å². The number of aromatic nitrogens is 7. The van der Waals surface area contributed by atoms with Gasteiger partial charge in [-0.25, -0.2) is 9.89 Å². The first-order valence-electron chi connectivity index (χ1n) is 11.5. The van der Waals surface area contributed by atoms with Crippen LogP contribution in [-0.4, -0.2) is 34.7 Å². The second-order valence-electron chi connectivity index (χ2n) is 8.26. The molecule has 176 valence electrons. The lowest BCUT2D eigenvalue weighted by atomic mass is 10.0. The number of pyridine rings is 1. The quantitative estimate of drug-likeness (QED) is 0.336. The average molecular weight is 486 g/mol. The van der Waals surface area contributed by atoms with Crippen LogP contribution >= 0.6 is 11.6 Å². The fourth-order valence-corrected chi connectivity index (χ4v) is 4.35. The third kappa shape index (κ3) is 4.65. The number of nitrogens with zero attached hydrogens (tertiary/aromatic N) is 6. The molecule has 35 heavy (non-hydrogen) atoms. The Kier molecular flexibility index (Phi) is 6.54. The summed E-state index contributed by atoms with van der Waals surface area (Å²) >= 11 is 6.39. The lowest BCUT2D eigenvalue weighted by molar-refractivity contribution is 0.672. The summed E-state index contributed by atoms with van der Waals surface area (Å²) in [5, 5.41) is 14.7. The molecule has 0 fully saturated rings. The predicted molar refractivity (Wildman–Crippen MR) is 136 cm³/mol. The van der Waals surface area contributed by atoms with Gasteiger partial charge in [-0.1, -0.05) is 67.4 Å². The molecule has 0 saturated heterocycles. The van der Waals surface area contributed by atoms with Crippen molar-refractivity contribution in [3.63, 3.8) is 0 Å². The number of hydrogen-bond acceptors (Lipinski definition) is 5. The van der Waals surface area contributed by atoms with E-state index in [4.69, 9.17) is 16.6 Å². The maximum absolute atomic E-state index is 13.4. The summed E-state index contributed by atoms with van der Waals surface area (Å²) in [7, 11) is 0. The zero-order chi connectivity index (χ0) is 24.2. The normalized spacial score (nSPS) is 11.1. The Morgan fingerprint density at radius 1 is 1.00 bits per heavy atom. The molecule has 3 heterocycles. The van der Waals surface area contributed by atoms with Gasteiger partial charge in [0.15, 0.2) is 5.82 Å². The van der Waals surface area contributed by atoms with Crippen molar-refractivity contribution in [1.82, 2.24) is 34.7 Å². The molecule has 8 nitrogen and oxygen atoms in total. The van der Waals surface area contributed by atoms with E-state index in [9.17, 15) is 4.79 Å². The zero-order valence-corrected chi connectivity index (χ0v) is 20.0. The lowest BCUT2D eigenvalue weighted by Gasteiger charge is -2.09. The van der Waals surface area contributed by atoms with Crippen molar-refractivity contribution in [2.45, 2.75) is 32.7 Å². The predicted octanol–water partition coefficient (Wildman–Crippen LogP) is 4.93. The average Bonchev–Trinajstić information content (AvgIpc) is 3.53. The van der Waals surface area contributed by atoms with Gasteiger partial charge in [-0.3, -0.25) is 14.1 Å². The topological polar surface area (TPSA) is 94.3 Å². The van der Waals surface area contributed by atoms with Crippen molar-refractivity contribution in [1.29, 1.82) is 0 Å². The van der Waals surface area contributed by atoms with E-state index in [0.717, 1.165) is 47.3 Å². The summed E-state index contributed by atoms with van der Waals surface area (Å²) in [6, 6.07) is 19.2. The van der Waals surface area contributed by atoms with E-state index >= 15 is 0 Å². The highest BCUT2D eigenvalue weighted by atomic mass is 35.5. The second-order valence-corrected chi connectivity index (χ2v) is 8.67. The van der Waals surface area contributed by atoms with Gasteiger partial charge in [-0.15, -0.1) is 5.10 Å². The van der Waals surface area contributed by atoms with Gasteiger partial charge in [-0.2, -0.15) is 0 Å². The van der Waals surface area contributed by atoms with Gasteiger partial charge in [0.25, 0.3) is 0 Å². The van der Waals surface area contributed by atoms with Gasteiger partial charge in [0.05, 0.1) is 22.9 Å². The van der Waals surface area contributed by atoms with Gasteiger partial charge >= 0.3 is 5.69 Å². The van der Waals surface area contributed by atoms with Crippen LogP contribution < -0.4 is 5.69 Å². The Hall–Kier alpha value is -4.04.